The summed E-state index contributed by atoms with van der Waals surface area (Å²) in [5.41, 5.74) is 1.05. The zero-order valence-electron chi connectivity index (χ0n) is 21.3. The van der Waals surface area contributed by atoms with Crippen molar-refractivity contribution in [3.8, 4) is 0 Å². The van der Waals surface area contributed by atoms with Crippen LogP contribution in [-0.2, 0) is 25.7 Å². The van der Waals surface area contributed by atoms with Crippen LogP contribution < -0.4 is 9.80 Å². The summed E-state index contributed by atoms with van der Waals surface area (Å²) in [5, 5.41) is 14.2. The zero-order valence-corrected chi connectivity index (χ0v) is 21.3. The summed E-state index contributed by atoms with van der Waals surface area (Å²) in [6, 6.07) is 6.02. The lowest BCUT2D eigenvalue weighted by molar-refractivity contribution is -0.193. The van der Waals surface area contributed by atoms with Crippen molar-refractivity contribution in [2.75, 3.05) is 43.6 Å². The number of aliphatic carboxylic acids is 2. The molecule has 11 nitrogen and oxygen atoms in total. The van der Waals surface area contributed by atoms with E-state index in [4.69, 9.17) is 29.3 Å². The molecule has 2 N–H and O–H groups in total. The standard InChI is InChI=1S/C19H25N5O2.2C2HF3O2/c1-23(2)17-9-18(22-14-21-17)24-12-19(13-24)10-16(5-8-26-19)25-11-15-3-6-20-7-4-15;2*3-2(4,5)1(6)7/h3-4,6-7,9,14,16H,5,8,10-13H2,1-2H3;2*(H,6,7). The van der Waals surface area contributed by atoms with Crippen LogP contribution in [0.15, 0.2) is 36.9 Å². The number of halogens is 6. The highest BCUT2D eigenvalue weighted by Crippen LogP contribution is 2.37. The Balaban J connectivity index is 0.000000333. The van der Waals surface area contributed by atoms with E-state index in [1.165, 1.54) is 0 Å². The van der Waals surface area contributed by atoms with Gasteiger partial charge in [0.25, 0.3) is 0 Å². The van der Waals surface area contributed by atoms with E-state index in [0.29, 0.717) is 6.61 Å². The van der Waals surface area contributed by atoms with Crippen LogP contribution in [0.4, 0.5) is 38.0 Å². The maximum atomic E-state index is 10.6. The van der Waals surface area contributed by atoms with Crippen molar-refractivity contribution in [3.63, 3.8) is 0 Å². The van der Waals surface area contributed by atoms with Gasteiger partial charge >= 0.3 is 24.3 Å². The molecule has 2 saturated heterocycles. The molecule has 17 heteroatoms. The van der Waals surface area contributed by atoms with Crippen LogP contribution in [0.2, 0.25) is 0 Å². The molecular formula is C23H27F6N5O6. The molecule has 2 fully saturated rings. The quantitative estimate of drug-likeness (QED) is 0.502. The molecule has 0 radical (unpaired) electrons. The van der Waals surface area contributed by atoms with Crippen LogP contribution in [0.1, 0.15) is 18.4 Å². The van der Waals surface area contributed by atoms with Gasteiger partial charge in [0.1, 0.15) is 23.6 Å². The average Bonchev–Trinajstić information content (AvgIpc) is 2.86. The first kappa shape index (κ1) is 32.5. The number of carbonyl (C=O) groups is 2. The fourth-order valence-electron chi connectivity index (χ4n) is 3.60. The van der Waals surface area contributed by atoms with Gasteiger partial charge in [-0.05, 0) is 24.1 Å². The molecule has 0 amide bonds. The number of pyridine rings is 1. The summed E-state index contributed by atoms with van der Waals surface area (Å²) in [5.74, 6) is -3.64. The molecule has 1 unspecified atom stereocenters. The highest BCUT2D eigenvalue weighted by molar-refractivity contribution is 5.73. The molecule has 0 aromatic carbocycles. The fourth-order valence-corrected chi connectivity index (χ4v) is 3.60. The van der Waals surface area contributed by atoms with E-state index in [2.05, 4.69) is 19.9 Å². The van der Waals surface area contributed by atoms with Crippen LogP contribution in [0.3, 0.4) is 0 Å². The third kappa shape index (κ3) is 10.1. The predicted molar refractivity (Wildman–Crippen MR) is 127 cm³/mol. The van der Waals surface area contributed by atoms with Crippen molar-refractivity contribution < 1.29 is 55.6 Å². The average molecular weight is 583 g/mol. The SMILES string of the molecule is CN(C)c1cc(N2CC3(CC(OCc4ccncc4)CCO3)C2)ncn1.O=C(O)C(F)(F)F.O=C(O)C(F)(F)F. The van der Waals surface area contributed by atoms with Crippen molar-refractivity contribution >= 4 is 23.6 Å². The van der Waals surface area contributed by atoms with E-state index in [-0.39, 0.29) is 11.7 Å². The van der Waals surface area contributed by atoms with Crippen LogP contribution in [0.25, 0.3) is 0 Å². The molecule has 4 heterocycles. The molecule has 0 bridgehead atoms. The van der Waals surface area contributed by atoms with E-state index in [1.807, 2.05) is 37.2 Å². The highest BCUT2D eigenvalue weighted by atomic mass is 19.4. The molecule has 0 aliphatic carbocycles. The first-order chi connectivity index (χ1) is 18.5. The number of aromatic nitrogens is 3. The molecular weight excluding hydrogens is 556 g/mol. The van der Waals surface area contributed by atoms with E-state index < -0.39 is 24.3 Å². The van der Waals surface area contributed by atoms with Crippen LogP contribution in [0.5, 0.6) is 0 Å². The summed E-state index contributed by atoms with van der Waals surface area (Å²) in [7, 11) is 3.97. The molecule has 40 heavy (non-hydrogen) atoms. The third-order valence-electron chi connectivity index (χ3n) is 5.55. The lowest BCUT2D eigenvalue weighted by atomic mass is 9.84. The number of carboxylic acid groups (broad SMARTS) is 2. The van der Waals surface area contributed by atoms with Gasteiger partial charge in [0, 0.05) is 45.6 Å². The summed E-state index contributed by atoms with van der Waals surface area (Å²) < 4.78 is 75.7. The van der Waals surface area contributed by atoms with E-state index in [1.54, 1.807) is 18.7 Å². The number of rotatable bonds is 5. The molecule has 2 aromatic heterocycles. The van der Waals surface area contributed by atoms with E-state index in [0.717, 1.165) is 49.7 Å². The van der Waals surface area contributed by atoms with Crippen molar-refractivity contribution in [1.82, 2.24) is 15.0 Å². The summed E-state index contributed by atoms with van der Waals surface area (Å²) in [4.78, 5) is 34.8. The fraction of sp³-hybridized carbons (Fsp3) is 0.522. The Morgan fingerprint density at radius 2 is 1.62 bits per heavy atom. The van der Waals surface area contributed by atoms with E-state index >= 15 is 0 Å². The van der Waals surface area contributed by atoms with Gasteiger partial charge in [-0.25, -0.2) is 19.6 Å². The molecule has 1 spiro atoms. The number of hydrogen-bond acceptors (Lipinski definition) is 9. The minimum absolute atomic E-state index is 0.107. The van der Waals surface area contributed by atoms with E-state index in [9.17, 15) is 26.3 Å². The van der Waals surface area contributed by atoms with Gasteiger partial charge in [-0.1, -0.05) is 0 Å². The van der Waals surface area contributed by atoms with Crippen LogP contribution in [0, 0.1) is 0 Å². The number of carboxylic acids is 2. The Bertz CT molecular complexity index is 1090. The Hall–Kier alpha value is -3.73. The lowest BCUT2D eigenvalue weighted by Gasteiger charge is -2.53. The Labute approximate surface area is 224 Å². The Kier molecular flexibility index (Phi) is 11.0. The van der Waals surface area contributed by atoms with Crippen LogP contribution >= 0.6 is 0 Å². The van der Waals surface area contributed by atoms with Crippen molar-refractivity contribution in [1.29, 1.82) is 0 Å². The predicted octanol–water partition coefficient (Wildman–Crippen LogP) is 3.16. The molecule has 2 aromatic rings. The number of nitrogens with zero attached hydrogens (tertiary/aromatic N) is 5. The second-order valence-electron chi connectivity index (χ2n) is 8.90. The van der Waals surface area contributed by atoms with Crippen molar-refractivity contribution in [2.45, 2.75) is 43.5 Å². The van der Waals surface area contributed by atoms with Crippen molar-refractivity contribution in [3.05, 3.63) is 42.5 Å². The normalized spacial score (nSPS) is 17.9. The maximum absolute atomic E-state index is 10.6. The minimum Gasteiger partial charge on any atom is -0.475 e. The molecule has 1 atom stereocenters. The van der Waals surface area contributed by atoms with Crippen molar-refractivity contribution in [2.24, 2.45) is 0 Å². The second-order valence-corrected chi connectivity index (χ2v) is 8.90. The second kappa shape index (κ2) is 13.6. The van der Waals surface area contributed by atoms with Crippen LogP contribution in [-0.4, -0.2) is 95.0 Å². The molecule has 0 saturated carbocycles. The monoisotopic (exact) mass is 583 g/mol. The largest absolute Gasteiger partial charge is 0.490 e. The topological polar surface area (TPSA) is 138 Å². The summed E-state index contributed by atoms with van der Waals surface area (Å²) >= 11 is 0. The lowest BCUT2D eigenvalue weighted by Crippen LogP contribution is -2.66. The first-order valence-electron chi connectivity index (χ1n) is 11.5. The molecule has 4 rings (SSSR count). The highest BCUT2D eigenvalue weighted by Gasteiger charge is 2.48. The number of hydrogen-bond donors (Lipinski definition) is 2. The van der Waals surface area contributed by atoms with Gasteiger partial charge < -0.3 is 29.5 Å². The number of alkyl halides is 6. The van der Waals surface area contributed by atoms with Gasteiger partial charge in [0.15, 0.2) is 0 Å². The smallest absolute Gasteiger partial charge is 0.475 e. The third-order valence-corrected chi connectivity index (χ3v) is 5.55. The molecule has 2 aliphatic rings. The number of ether oxygens (including phenoxy) is 2. The summed E-state index contributed by atoms with van der Waals surface area (Å²) in [6.07, 6.45) is -2.82. The first-order valence-corrected chi connectivity index (χ1v) is 11.5. The van der Waals surface area contributed by atoms with Gasteiger partial charge in [-0.15, -0.1) is 0 Å². The Morgan fingerprint density at radius 1 is 1.07 bits per heavy atom. The Morgan fingerprint density at radius 3 is 2.12 bits per heavy atom. The molecule has 222 valence electrons. The number of anilines is 2. The van der Waals surface area contributed by atoms with Gasteiger partial charge in [-0.3, -0.25) is 4.98 Å². The summed E-state index contributed by atoms with van der Waals surface area (Å²) in [6.45, 7) is 3.09. The minimum atomic E-state index is -5.08. The zero-order chi connectivity index (χ0) is 30.1. The van der Waals surface area contributed by atoms with Gasteiger partial charge in [-0.2, -0.15) is 26.3 Å². The molecule has 2 aliphatic heterocycles. The maximum Gasteiger partial charge on any atom is 0.490 e. The van der Waals surface area contributed by atoms with Gasteiger partial charge in [0.2, 0.25) is 0 Å². The van der Waals surface area contributed by atoms with Gasteiger partial charge in [0.05, 0.1) is 25.8 Å².